The van der Waals surface area contributed by atoms with E-state index in [0.717, 1.165) is 23.3 Å². The number of thioether (sulfide) groups is 2. The number of amides is 7. The predicted octanol–water partition coefficient (Wildman–Crippen LogP) is 4.34. The van der Waals surface area contributed by atoms with E-state index >= 15 is 0 Å². The maximum Gasteiger partial charge on any atom is 0.334 e. The Bertz CT molecular complexity index is 1230. The van der Waals surface area contributed by atoms with Crippen molar-refractivity contribution in [3.8, 4) is 0 Å². The lowest BCUT2D eigenvalue weighted by Crippen LogP contribution is -2.64. The Kier molecular flexibility index (Phi) is 7.58. The minimum absolute atomic E-state index is 0.0913. The standard InChI is InChI=1S/C28H34N4O5S2/c1-4-38-23(39-5-2)20-21(33)31(15-18-9-7-6-8-10-18)26(37)32(22(20)34)19-11-13-27(14-12-19)16-28(17-27)24(35)30(3)25(36)29-28/h6-10,19H,4-5,11-17H2,1-3H3,(H,29,36). The molecule has 0 bridgehead atoms. The van der Waals surface area contributed by atoms with Crippen LogP contribution in [0, 0.1) is 5.41 Å². The fourth-order valence-corrected chi connectivity index (χ4v) is 8.75. The summed E-state index contributed by atoms with van der Waals surface area (Å²) in [6.07, 6.45) is 3.85. The number of hydrogen-bond acceptors (Lipinski definition) is 7. The van der Waals surface area contributed by atoms with E-state index < -0.39 is 23.4 Å². The fourth-order valence-electron chi connectivity index (χ4n) is 6.55. The summed E-state index contributed by atoms with van der Waals surface area (Å²) in [6, 6.07) is 8.08. The monoisotopic (exact) mass is 570 g/mol. The first-order chi connectivity index (χ1) is 18.6. The van der Waals surface area contributed by atoms with Crippen LogP contribution < -0.4 is 5.32 Å². The zero-order valence-electron chi connectivity index (χ0n) is 22.5. The molecule has 4 aliphatic rings. The van der Waals surface area contributed by atoms with Gasteiger partial charge < -0.3 is 5.32 Å². The second-order valence-electron chi connectivity index (χ2n) is 10.8. The summed E-state index contributed by atoms with van der Waals surface area (Å²) in [5.74, 6) is 0.196. The van der Waals surface area contributed by atoms with Crippen LogP contribution in [0.1, 0.15) is 57.9 Å². The van der Waals surface area contributed by atoms with Gasteiger partial charge in [0.2, 0.25) is 0 Å². The minimum atomic E-state index is -0.812. The molecular formula is C28H34N4O5S2. The Balaban J connectivity index is 1.38. The average Bonchev–Trinajstić information content (AvgIpc) is 3.12. The van der Waals surface area contributed by atoms with Gasteiger partial charge in [-0.2, -0.15) is 0 Å². The molecule has 7 amide bonds. The van der Waals surface area contributed by atoms with E-state index in [1.165, 1.54) is 40.4 Å². The molecule has 1 aromatic carbocycles. The third-order valence-electron chi connectivity index (χ3n) is 8.37. The molecule has 2 heterocycles. The first kappa shape index (κ1) is 27.8. The molecule has 0 aromatic heterocycles. The van der Waals surface area contributed by atoms with Crippen LogP contribution in [0.4, 0.5) is 9.59 Å². The van der Waals surface area contributed by atoms with E-state index in [-0.39, 0.29) is 35.5 Å². The number of barbiturate groups is 1. The summed E-state index contributed by atoms with van der Waals surface area (Å²) in [5, 5.41) is 2.87. The third kappa shape index (κ3) is 4.77. The molecule has 2 saturated carbocycles. The Morgan fingerprint density at radius 2 is 1.56 bits per heavy atom. The van der Waals surface area contributed by atoms with Crippen molar-refractivity contribution in [3.05, 3.63) is 45.7 Å². The Morgan fingerprint density at radius 3 is 2.10 bits per heavy atom. The van der Waals surface area contributed by atoms with Gasteiger partial charge in [-0.15, -0.1) is 23.5 Å². The highest BCUT2D eigenvalue weighted by molar-refractivity contribution is 8.22. The first-order valence-corrected chi connectivity index (χ1v) is 15.5. The number of nitrogens with one attached hydrogen (secondary N) is 1. The number of benzene rings is 1. The Hall–Kier alpha value is -2.79. The fraction of sp³-hybridized carbons (Fsp3) is 0.536. The molecule has 208 valence electrons. The van der Waals surface area contributed by atoms with Crippen molar-refractivity contribution in [3.63, 3.8) is 0 Å². The van der Waals surface area contributed by atoms with Crippen LogP contribution in [-0.2, 0) is 20.9 Å². The number of imide groups is 3. The molecule has 0 unspecified atom stereocenters. The summed E-state index contributed by atoms with van der Waals surface area (Å²) in [6.45, 7) is 4.05. The highest BCUT2D eigenvalue weighted by Gasteiger charge is 2.64. The van der Waals surface area contributed by atoms with E-state index in [1.54, 1.807) is 0 Å². The topological polar surface area (TPSA) is 107 Å². The van der Waals surface area contributed by atoms with Crippen molar-refractivity contribution in [2.24, 2.45) is 5.41 Å². The van der Waals surface area contributed by atoms with Crippen molar-refractivity contribution in [2.75, 3.05) is 18.6 Å². The van der Waals surface area contributed by atoms with Crippen molar-refractivity contribution in [2.45, 2.75) is 70.5 Å². The largest absolute Gasteiger partial charge is 0.334 e. The van der Waals surface area contributed by atoms with Crippen LogP contribution in [0.3, 0.4) is 0 Å². The molecule has 2 saturated heterocycles. The zero-order chi connectivity index (χ0) is 27.9. The lowest BCUT2D eigenvalue weighted by Gasteiger charge is -2.56. The number of likely N-dealkylation sites (N-methyl/N-ethyl adjacent to an activating group) is 1. The summed E-state index contributed by atoms with van der Waals surface area (Å²) in [4.78, 5) is 69.7. The Labute approximate surface area is 237 Å². The molecule has 1 N–H and O–H groups in total. The number of carbonyl (C=O) groups excluding carboxylic acids is 5. The molecule has 5 rings (SSSR count). The van der Waals surface area contributed by atoms with Crippen LogP contribution in [0.25, 0.3) is 0 Å². The second-order valence-corrected chi connectivity index (χ2v) is 13.6. The summed E-state index contributed by atoms with van der Waals surface area (Å²) in [5.41, 5.74) is 0.00519. The lowest BCUT2D eigenvalue weighted by molar-refractivity contribution is -0.143. The van der Waals surface area contributed by atoms with Gasteiger partial charge in [0.15, 0.2) is 0 Å². The average molecular weight is 571 g/mol. The molecule has 0 radical (unpaired) electrons. The SMILES string of the molecule is CCSC(SCC)=C1C(=O)N(Cc2ccccc2)C(=O)N(C2CCC3(CC2)CC2(C3)NC(=O)N(C)C2=O)C1=O. The van der Waals surface area contributed by atoms with E-state index in [9.17, 15) is 24.0 Å². The van der Waals surface area contributed by atoms with Gasteiger partial charge in [0, 0.05) is 13.1 Å². The van der Waals surface area contributed by atoms with Gasteiger partial charge in [-0.25, -0.2) is 9.59 Å². The van der Waals surface area contributed by atoms with E-state index in [4.69, 9.17) is 0 Å². The minimum Gasteiger partial charge on any atom is -0.323 e. The van der Waals surface area contributed by atoms with Crippen molar-refractivity contribution < 1.29 is 24.0 Å². The highest BCUT2D eigenvalue weighted by atomic mass is 32.2. The maximum atomic E-state index is 13.9. The highest BCUT2D eigenvalue weighted by Crippen LogP contribution is 2.58. The van der Waals surface area contributed by atoms with E-state index in [0.29, 0.717) is 41.4 Å². The van der Waals surface area contributed by atoms with Gasteiger partial charge in [0.25, 0.3) is 17.7 Å². The zero-order valence-corrected chi connectivity index (χ0v) is 24.2. The molecule has 11 heteroatoms. The summed E-state index contributed by atoms with van der Waals surface area (Å²) < 4.78 is 0.665. The van der Waals surface area contributed by atoms with Crippen molar-refractivity contribution >= 4 is 53.3 Å². The molecular weight excluding hydrogens is 536 g/mol. The van der Waals surface area contributed by atoms with Gasteiger partial charge in [-0.05, 0) is 61.0 Å². The lowest BCUT2D eigenvalue weighted by atomic mass is 9.51. The normalized spacial score (nSPS) is 29.0. The van der Waals surface area contributed by atoms with Crippen LogP contribution in [0.5, 0.6) is 0 Å². The molecule has 1 aromatic rings. The van der Waals surface area contributed by atoms with Crippen LogP contribution in [0.2, 0.25) is 0 Å². The summed E-state index contributed by atoms with van der Waals surface area (Å²) in [7, 11) is 1.50. The molecule has 9 nitrogen and oxygen atoms in total. The van der Waals surface area contributed by atoms with Gasteiger partial charge in [-0.3, -0.25) is 29.1 Å². The van der Waals surface area contributed by atoms with Crippen LogP contribution in [0.15, 0.2) is 40.1 Å². The first-order valence-electron chi connectivity index (χ1n) is 13.5. The van der Waals surface area contributed by atoms with Gasteiger partial charge in [-0.1, -0.05) is 44.2 Å². The number of carbonyl (C=O) groups is 5. The quantitative estimate of drug-likeness (QED) is 0.295. The second kappa shape index (κ2) is 10.6. The molecule has 0 atom stereocenters. The number of hydrogen-bond donors (Lipinski definition) is 1. The van der Waals surface area contributed by atoms with E-state index in [1.807, 2.05) is 44.2 Å². The van der Waals surface area contributed by atoms with Crippen molar-refractivity contribution in [1.82, 2.24) is 20.0 Å². The van der Waals surface area contributed by atoms with E-state index in [2.05, 4.69) is 5.32 Å². The summed E-state index contributed by atoms with van der Waals surface area (Å²) >= 11 is 2.93. The smallest absolute Gasteiger partial charge is 0.323 e. The van der Waals surface area contributed by atoms with Crippen molar-refractivity contribution in [1.29, 1.82) is 0 Å². The third-order valence-corrected chi connectivity index (χ3v) is 10.6. The molecule has 4 fully saturated rings. The molecule has 2 aliphatic heterocycles. The van der Waals surface area contributed by atoms with Gasteiger partial charge in [0.1, 0.15) is 11.1 Å². The predicted molar refractivity (Wildman–Crippen MR) is 150 cm³/mol. The maximum absolute atomic E-state index is 13.9. The molecule has 39 heavy (non-hydrogen) atoms. The molecule has 2 spiro atoms. The Morgan fingerprint density at radius 1 is 0.949 bits per heavy atom. The van der Waals surface area contributed by atoms with Crippen LogP contribution in [-0.4, -0.2) is 74.6 Å². The molecule has 2 aliphatic carbocycles. The van der Waals surface area contributed by atoms with Crippen LogP contribution >= 0.6 is 23.5 Å². The number of urea groups is 2. The number of rotatable bonds is 7. The number of nitrogens with zero attached hydrogens (tertiary/aromatic N) is 3. The van der Waals surface area contributed by atoms with Gasteiger partial charge >= 0.3 is 12.1 Å². The van der Waals surface area contributed by atoms with Gasteiger partial charge in [0.05, 0.1) is 10.8 Å².